The molecule has 0 bridgehead atoms. The number of benzene rings is 2. The summed E-state index contributed by atoms with van der Waals surface area (Å²) < 4.78 is 16.1. The Labute approximate surface area is 153 Å². The van der Waals surface area contributed by atoms with E-state index in [9.17, 15) is 4.79 Å². The summed E-state index contributed by atoms with van der Waals surface area (Å²) in [5, 5.41) is 2.83. The smallest absolute Gasteiger partial charge is 0.231 e. The van der Waals surface area contributed by atoms with E-state index >= 15 is 0 Å². The molecule has 5 nitrogen and oxygen atoms in total. The molecular formula is C21H21NO4. The van der Waals surface area contributed by atoms with Crippen molar-refractivity contribution in [3.8, 4) is 23.3 Å². The summed E-state index contributed by atoms with van der Waals surface area (Å²) in [6.45, 7) is 1.80. The molecule has 0 saturated carbocycles. The molecule has 134 valence electrons. The predicted molar refractivity (Wildman–Crippen MR) is 97.8 cm³/mol. The minimum absolute atomic E-state index is 0.0201. The van der Waals surface area contributed by atoms with Crippen molar-refractivity contribution in [2.24, 2.45) is 0 Å². The summed E-state index contributed by atoms with van der Waals surface area (Å²) in [4.78, 5) is 11.8. The van der Waals surface area contributed by atoms with E-state index in [1.54, 1.807) is 0 Å². The van der Waals surface area contributed by atoms with E-state index in [1.165, 1.54) is 0 Å². The topological polar surface area (TPSA) is 56.8 Å². The zero-order valence-corrected chi connectivity index (χ0v) is 14.5. The first-order valence-electron chi connectivity index (χ1n) is 8.58. The van der Waals surface area contributed by atoms with Gasteiger partial charge in [0.25, 0.3) is 0 Å². The number of nitrogens with one attached hydrogen (secondary N) is 1. The molecule has 0 fully saturated rings. The van der Waals surface area contributed by atoms with Gasteiger partial charge in [0.1, 0.15) is 0 Å². The van der Waals surface area contributed by atoms with Crippen LogP contribution in [0.15, 0.2) is 48.5 Å². The van der Waals surface area contributed by atoms with E-state index in [1.807, 2.05) is 48.5 Å². The van der Waals surface area contributed by atoms with Crippen LogP contribution in [0.3, 0.4) is 0 Å². The zero-order valence-electron chi connectivity index (χ0n) is 14.5. The highest BCUT2D eigenvalue weighted by Gasteiger charge is 2.12. The summed E-state index contributed by atoms with van der Waals surface area (Å²) in [6, 6.07) is 15.5. The van der Waals surface area contributed by atoms with Crippen LogP contribution in [0.2, 0.25) is 0 Å². The van der Waals surface area contributed by atoms with E-state index in [2.05, 4.69) is 17.2 Å². The van der Waals surface area contributed by atoms with Gasteiger partial charge < -0.3 is 19.5 Å². The third-order valence-corrected chi connectivity index (χ3v) is 3.76. The number of rotatable bonds is 7. The molecule has 0 spiro atoms. The lowest BCUT2D eigenvalue weighted by atomic mass is 10.2. The Hall–Kier alpha value is -2.97. The third kappa shape index (κ3) is 5.54. The largest absolute Gasteiger partial charge is 0.454 e. The van der Waals surface area contributed by atoms with Crippen LogP contribution in [-0.4, -0.2) is 25.9 Å². The second kappa shape index (κ2) is 9.50. The number of amides is 1. The van der Waals surface area contributed by atoms with Crippen molar-refractivity contribution >= 4 is 5.91 Å². The molecule has 26 heavy (non-hydrogen) atoms. The molecule has 0 atom stereocenters. The summed E-state index contributed by atoms with van der Waals surface area (Å²) in [5.74, 6) is 7.48. The maximum absolute atomic E-state index is 11.8. The first-order chi connectivity index (χ1) is 12.8. The second-order valence-corrected chi connectivity index (χ2v) is 5.76. The minimum Gasteiger partial charge on any atom is -0.454 e. The zero-order chi connectivity index (χ0) is 18.0. The summed E-state index contributed by atoms with van der Waals surface area (Å²) in [5.41, 5.74) is 1.97. The van der Waals surface area contributed by atoms with E-state index in [4.69, 9.17) is 14.2 Å². The van der Waals surface area contributed by atoms with Gasteiger partial charge in [-0.15, -0.1) is 0 Å². The van der Waals surface area contributed by atoms with E-state index in [0.29, 0.717) is 38.3 Å². The molecule has 0 radical (unpaired) electrons. The van der Waals surface area contributed by atoms with Crippen LogP contribution in [0.5, 0.6) is 11.5 Å². The standard InChI is InChI=1S/C21H21NO4/c23-21(22-12-13-24-15-18-7-2-1-3-8-18)9-5-4-6-17-10-11-19-20(14-17)26-16-25-19/h1-3,7-8,10-11,14H,5,9,12-13,15-16H2,(H,22,23). The first kappa shape index (κ1) is 17.8. The van der Waals surface area contributed by atoms with Crippen molar-refractivity contribution in [2.45, 2.75) is 19.4 Å². The Morgan fingerprint density at radius 1 is 1.12 bits per heavy atom. The van der Waals surface area contributed by atoms with Gasteiger partial charge in [0.2, 0.25) is 12.7 Å². The van der Waals surface area contributed by atoms with Crippen LogP contribution in [0.4, 0.5) is 0 Å². The van der Waals surface area contributed by atoms with E-state index < -0.39 is 0 Å². The van der Waals surface area contributed by atoms with Crippen LogP contribution >= 0.6 is 0 Å². The summed E-state index contributed by atoms with van der Waals surface area (Å²) in [6.07, 6.45) is 0.876. The molecule has 1 aliphatic heterocycles. The molecule has 0 saturated heterocycles. The van der Waals surface area contributed by atoms with E-state index in [-0.39, 0.29) is 12.7 Å². The number of carbonyl (C=O) groups excluding carboxylic acids is 1. The van der Waals surface area contributed by atoms with Gasteiger partial charge in [-0.1, -0.05) is 42.2 Å². The fraction of sp³-hybridized carbons (Fsp3) is 0.286. The number of ether oxygens (including phenoxy) is 3. The quantitative estimate of drug-likeness (QED) is 0.616. The lowest BCUT2D eigenvalue weighted by Gasteiger charge is -2.05. The molecule has 2 aromatic carbocycles. The van der Waals surface area contributed by atoms with Gasteiger partial charge in [0.15, 0.2) is 11.5 Å². The van der Waals surface area contributed by atoms with Crippen LogP contribution < -0.4 is 14.8 Å². The minimum atomic E-state index is -0.0201. The number of fused-ring (bicyclic) bond motifs is 1. The van der Waals surface area contributed by atoms with Crippen molar-refractivity contribution in [1.29, 1.82) is 0 Å². The van der Waals surface area contributed by atoms with Crippen LogP contribution in [0, 0.1) is 11.8 Å². The highest BCUT2D eigenvalue weighted by atomic mass is 16.7. The van der Waals surface area contributed by atoms with Crippen molar-refractivity contribution < 1.29 is 19.0 Å². The van der Waals surface area contributed by atoms with Gasteiger partial charge in [-0.2, -0.15) is 0 Å². The SMILES string of the molecule is O=C(CCC#Cc1ccc2c(c1)OCO2)NCCOCc1ccccc1. The Bertz CT molecular complexity index is 793. The average Bonchev–Trinajstić information content (AvgIpc) is 3.14. The maximum atomic E-state index is 11.8. The Kier molecular flexibility index (Phi) is 6.52. The second-order valence-electron chi connectivity index (χ2n) is 5.76. The molecule has 0 aliphatic carbocycles. The lowest BCUT2D eigenvalue weighted by molar-refractivity contribution is -0.121. The molecule has 1 heterocycles. The molecule has 0 aromatic heterocycles. The fourth-order valence-electron chi connectivity index (χ4n) is 2.43. The van der Waals surface area contributed by atoms with Crippen molar-refractivity contribution in [3.63, 3.8) is 0 Å². The average molecular weight is 351 g/mol. The normalized spacial score (nSPS) is 11.5. The first-order valence-corrected chi connectivity index (χ1v) is 8.58. The van der Waals surface area contributed by atoms with E-state index in [0.717, 1.165) is 16.9 Å². The Morgan fingerprint density at radius 3 is 2.85 bits per heavy atom. The Balaban J connectivity index is 1.29. The van der Waals surface area contributed by atoms with Crippen LogP contribution in [0.25, 0.3) is 0 Å². The number of carbonyl (C=O) groups is 1. The van der Waals surface area contributed by atoms with Gasteiger partial charge in [0.05, 0.1) is 13.2 Å². The van der Waals surface area contributed by atoms with Crippen LogP contribution in [-0.2, 0) is 16.1 Å². The highest BCUT2D eigenvalue weighted by Crippen LogP contribution is 2.32. The summed E-state index contributed by atoms with van der Waals surface area (Å²) >= 11 is 0. The van der Waals surface area contributed by atoms with Crippen molar-refractivity contribution in [1.82, 2.24) is 5.32 Å². The van der Waals surface area contributed by atoms with Gasteiger partial charge in [0, 0.05) is 24.9 Å². The molecule has 2 aromatic rings. The Morgan fingerprint density at radius 2 is 1.96 bits per heavy atom. The number of hydrogen-bond donors (Lipinski definition) is 1. The van der Waals surface area contributed by atoms with Gasteiger partial charge >= 0.3 is 0 Å². The molecule has 3 rings (SSSR count). The van der Waals surface area contributed by atoms with Gasteiger partial charge in [-0.25, -0.2) is 0 Å². The monoisotopic (exact) mass is 351 g/mol. The van der Waals surface area contributed by atoms with Gasteiger partial charge in [-0.05, 0) is 23.8 Å². The molecule has 1 amide bonds. The molecule has 1 aliphatic rings. The van der Waals surface area contributed by atoms with Crippen molar-refractivity contribution in [3.05, 3.63) is 59.7 Å². The van der Waals surface area contributed by atoms with Crippen LogP contribution in [0.1, 0.15) is 24.0 Å². The molecule has 5 heteroatoms. The maximum Gasteiger partial charge on any atom is 0.231 e. The lowest BCUT2D eigenvalue weighted by Crippen LogP contribution is -2.26. The molecule has 0 unspecified atom stereocenters. The van der Waals surface area contributed by atoms with Gasteiger partial charge in [-0.3, -0.25) is 4.79 Å². The summed E-state index contributed by atoms with van der Waals surface area (Å²) in [7, 11) is 0. The molecule has 1 N–H and O–H groups in total. The highest BCUT2D eigenvalue weighted by molar-refractivity contribution is 5.76. The molecular weight excluding hydrogens is 330 g/mol. The number of hydrogen-bond acceptors (Lipinski definition) is 4. The van der Waals surface area contributed by atoms with Crippen molar-refractivity contribution in [2.75, 3.05) is 19.9 Å². The predicted octanol–water partition coefficient (Wildman–Crippen LogP) is 2.88. The third-order valence-electron chi connectivity index (χ3n) is 3.76. The fourth-order valence-corrected chi connectivity index (χ4v) is 2.43.